The molecule has 0 bridgehead atoms. The van der Waals surface area contributed by atoms with Gasteiger partial charge in [-0.25, -0.2) is 4.68 Å². The Kier molecular flexibility index (Phi) is 10.4. The van der Waals surface area contributed by atoms with Crippen molar-refractivity contribution < 1.29 is 28.7 Å². The SMILES string of the molecule is CN1C[C@@H](Nc2cnn(C)c(=O)c2Br)C[C@@H](c2ccc(C(=O)N3CCN(CCOc4cccc5c4C(=O)N(C4CCC(=O)NC4=O)C5=O)CC3)cc2)C1. The first kappa shape index (κ1) is 36.4. The number of halogens is 1. The number of aryl methyl sites for hydroxylation is 1. The van der Waals surface area contributed by atoms with Crippen LogP contribution in [0.3, 0.4) is 0 Å². The Labute approximate surface area is 314 Å². The van der Waals surface area contributed by atoms with Gasteiger partial charge >= 0.3 is 0 Å². The summed E-state index contributed by atoms with van der Waals surface area (Å²) < 4.78 is 7.76. The minimum Gasteiger partial charge on any atom is -0.491 e. The van der Waals surface area contributed by atoms with Gasteiger partial charge in [0.05, 0.1) is 23.0 Å². The summed E-state index contributed by atoms with van der Waals surface area (Å²) in [4.78, 5) is 83.5. The zero-order valence-electron chi connectivity index (χ0n) is 29.5. The third kappa shape index (κ3) is 7.48. The maximum Gasteiger partial charge on any atom is 0.282 e. The lowest BCUT2D eigenvalue weighted by Crippen LogP contribution is -2.54. The number of piperazine rings is 1. The highest BCUT2D eigenvalue weighted by Crippen LogP contribution is 2.34. The van der Waals surface area contributed by atoms with Crippen LogP contribution in [0.25, 0.3) is 0 Å². The fraction of sp³-hybridized carbons (Fsp3) is 0.432. The summed E-state index contributed by atoms with van der Waals surface area (Å²) in [5, 5.41) is 9.84. The molecule has 3 aromatic rings. The number of nitrogens with zero attached hydrogens (tertiary/aromatic N) is 6. The average Bonchev–Trinajstić information content (AvgIpc) is 3.41. The van der Waals surface area contributed by atoms with E-state index >= 15 is 0 Å². The first-order valence-corrected chi connectivity index (χ1v) is 18.5. The molecule has 7 rings (SSSR count). The summed E-state index contributed by atoms with van der Waals surface area (Å²) >= 11 is 3.41. The molecule has 3 atom stereocenters. The predicted molar refractivity (Wildman–Crippen MR) is 197 cm³/mol. The highest BCUT2D eigenvalue weighted by atomic mass is 79.9. The topological polar surface area (TPSA) is 166 Å². The van der Waals surface area contributed by atoms with Crippen molar-refractivity contribution in [1.29, 1.82) is 0 Å². The number of aromatic nitrogens is 2. The van der Waals surface area contributed by atoms with E-state index in [1.165, 1.54) is 10.7 Å². The number of nitrogens with one attached hydrogen (secondary N) is 2. The summed E-state index contributed by atoms with van der Waals surface area (Å²) in [6.07, 6.45) is 2.66. The number of likely N-dealkylation sites (tertiary alicyclic amines) is 1. The van der Waals surface area contributed by atoms with E-state index in [-0.39, 0.29) is 59.8 Å². The minimum absolute atomic E-state index is 0.0145. The average molecular weight is 790 g/mol. The van der Waals surface area contributed by atoms with E-state index in [9.17, 15) is 28.8 Å². The van der Waals surface area contributed by atoms with Crippen molar-refractivity contribution in [1.82, 2.24) is 34.7 Å². The van der Waals surface area contributed by atoms with Crippen LogP contribution in [0.5, 0.6) is 5.75 Å². The zero-order valence-corrected chi connectivity index (χ0v) is 31.1. The number of anilines is 1. The van der Waals surface area contributed by atoms with Gasteiger partial charge in [-0.15, -0.1) is 0 Å². The molecule has 3 fully saturated rings. The summed E-state index contributed by atoms with van der Waals surface area (Å²) in [5.74, 6) is -1.76. The smallest absolute Gasteiger partial charge is 0.282 e. The lowest BCUT2D eigenvalue weighted by molar-refractivity contribution is -0.136. The number of piperidine rings is 2. The Morgan fingerprint density at radius 2 is 1.74 bits per heavy atom. The molecule has 0 aliphatic carbocycles. The van der Waals surface area contributed by atoms with Gasteiger partial charge in [0.2, 0.25) is 11.8 Å². The Hall–Kier alpha value is -4.93. The van der Waals surface area contributed by atoms with Crippen LogP contribution in [0.15, 0.2) is 57.9 Å². The van der Waals surface area contributed by atoms with Gasteiger partial charge in [0.1, 0.15) is 22.9 Å². The molecule has 278 valence electrons. The molecule has 3 saturated heterocycles. The molecule has 2 aromatic carbocycles. The molecule has 5 amide bonds. The van der Waals surface area contributed by atoms with E-state index in [0.29, 0.717) is 48.4 Å². The maximum atomic E-state index is 13.4. The first-order chi connectivity index (χ1) is 25.5. The third-order valence-corrected chi connectivity index (χ3v) is 11.2. The molecule has 4 aliphatic heterocycles. The molecular weight excluding hydrogens is 748 g/mol. The van der Waals surface area contributed by atoms with Crippen molar-refractivity contribution in [3.8, 4) is 5.75 Å². The van der Waals surface area contributed by atoms with Gasteiger partial charge in [0.25, 0.3) is 23.3 Å². The molecule has 53 heavy (non-hydrogen) atoms. The second-order valence-electron chi connectivity index (χ2n) is 14.0. The van der Waals surface area contributed by atoms with E-state index in [1.54, 1.807) is 25.4 Å². The van der Waals surface area contributed by atoms with E-state index in [4.69, 9.17) is 4.74 Å². The summed E-state index contributed by atoms with van der Waals surface area (Å²) in [5.41, 5.74) is 2.58. The number of ether oxygens (including phenoxy) is 1. The fourth-order valence-electron chi connectivity index (χ4n) is 7.64. The van der Waals surface area contributed by atoms with Crippen molar-refractivity contribution in [2.24, 2.45) is 7.05 Å². The molecule has 16 heteroatoms. The van der Waals surface area contributed by atoms with E-state index < -0.39 is 29.7 Å². The quantitative estimate of drug-likeness (QED) is 0.303. The molecule has 0 spiro atoms. The molecule has 2 N–H and O–H groups in total. The maximum absolute atomic E-state index is 13.4. The summed E-state index contributed by atoms with van der Waals surface area (Å²) in [6.45, 7) is 4.95. The van der Waals surface area contributed by atoms with Crippen LogP contribution in [-0.2, 0) is 16.6 Å². The van der Waals surface area contributed by atoms with E-state index in [2.05, 4.69) is 48.5 Å². The Morgan fingerprint density at radius 3 is 2.47 bits per heavy atom. The number of imide groups is 2. The molecule has 0 radical (unpaired) electrons. The normalized spacial score (nSPS) is 22.5. The zero-order chi connectivity index (χ0) is 37.4. The highest BCUT2D eigenvalue weighted by molar-refractivity contribution is 9.10. The monoisotopic (exact) mass is 788 g/mol. The van der Waals surface area contributed by atoms with Crippen LogP contribution in [-0.4, -0.2) is 130 Å². The number of carbonyl (C=O) groups excluding carboxylic acids is 5. The van der Waals surface area contributed by atoms with E-state index in [0.717, 1.165) is 30.0 Å². The van der Waals surface area contributed by atoms with Crippen molar-refractivity contribution >= 4 is 51.2 Å². The standard InChI is InChI=1S/C37H41BrN8O7/c1-42-20-24(18-25(21-42)40-27-19-39-43(2)37(52)32(27)38)22-6-8-23(9-7-22)34(49)45-14-12-44(13-15-45)16-17-53-29-5-3-4-26-31(29)36(51)46(35(26)50)28-10-11-30(47)41-33(28)48/h3-9,19,24-25,28,40H,10-18,20-21H2,1-2H3,(H,41,47,48)/t24-,25+,28?/m1/s1. The molecule has 0 saturated carbocycles. The number of hydrogen-bond acceptors (Lipinski definition) is 11. The van der Waals surface area contributed by atoms with Crippen LogP contribution >= 0.6 is 15.9 Å². The third-order valence-electron chi connectivity index (χ3n) is 10.5. The Morgan fingerprint density at radius 1 is 0.981 bits per heavy atom. The van der Waals surface area contributed by atoms with Crippen molar-refractivity contribution in [2.45, 2.75) is 37.3 Å². The van der Waals surface area contributed by atoms with Crippen LogP contribution < -0.4 is 20.9 Å². The predicted octanol–water partition coefficient (Wildman–Crippen LogP) is 1.68. The Balaban J connectivity index is 0.894. The van der Waals surface area contributed by atoms with Crippen molar-refractivity contribution in [3.05, 3.63) is 85.7 Å². The van der Waals surface area contributed by atoms with Gasteiger partial charge in [0, 0.05) is 70.9 Å². The minimum atomic E-state index is -1.04. The first-order valence-electron chi connectivity index (χ1n) is 17.7. The van der Waals surface area contributed by atoms with Gasteiger partial charge in [-0.3, -0.25) is 43.9 Å². The molecule has 5 heterocycles. The Bertz CT molecular complexity index is 2010. The van der Waals surface area contributed by atoms with Gasteiger partial charge in [-0.1, -0.05) is 18.2 Å². The molecule has 4 aliphatic rings. The van der Waals surface area contributed by atoms with Gasteiger partial charge in [0.15, 0.2) is 0 Å². The number of benzene rings is 2. The van der Waals surface area contributed by atoms with Crippen LogP contribution in [0.4, 0.5) is 5.69 Å². The van der Waals surface area contributed by atoms with Crippen molar-refractivity contribution in [2.75, 3.05) is 64.8 Å². The number of amides is 5. The van der Waals surface area contributed by atoms with Gasteiger partial charge in [-0.05, 0) is 71.6 Å². The fourth-order valence-corrected chi connectivity index (χ4v) is 8.11. The number of rotatable bonds is 9. The molecule has 1 aromatic heterocycles. The number of likely N-dealkylation sites (N-methyl/N-ethyl adjacent to an activating group) is 1. The second-order valence-corrected chi connectivity index (χ2v) is 14.8. The van der Waals surface area contributed by atoms with E-state index in [1.807, 2.05) is 29.2 Å². The molecular formula is C37H41BrN8O7. The van der Waals surface area contributed by atoms with Gasteiger partial charge < -0.3 is 19.9 Å². The lowest BCUT2D eigenvalue weighted by Gasteiger charge is -2.37. The second kappa shape index (κ2) is 15.2. The number of carbonyl (C=O) groups is 5. The van der Waals surface area contributed by atoms with Crippen LogP contribution in [0, 0.1) is 0 Å². The largest absolute Gasteiger partial charge is 0.491 e. The summed E-state index contributed by atoms with van der Waals surface area (Å²) in [6, 6.07) is 11.8. The molecule has 1 unspecified atom stereocenters. The number of fused-ring (bicyclic) bond motifs is 1. The van der Waals surface area contributed by atoms with Crippen LogP contribution in [0.1, 0.15) is 61.8 Å². The molecule has 15 nitrogen and oxygen atoms in total. The highest BCUT2D eigenvalue weighted by Gasteiger charge is 2.46. The number of hydrogen-bond donors (Lipinski definition) is 2. The summed E-state index contributed by atoms with van der Waals surface area (Å²) in [7, 11) is 3.70. The van der Waals surface area contributed by atoms with Crippen LogP contribution in [0.2, 0.25) is 0 Å². The van der Waals surface area contributed by atoms with Gasteiger partial charge in [-0.2, -0.15) is 5.10 Å². The van der Waals surface area contributed by atoms with Crippen molar-refractivity contribution in [3.63, 3.8) is 0 Å². The lowest BCUT2D eigenvalue weighted by atomic mass is 9.87.